The summed E-state index contributed by atoms with van der Waals surface area (Å²) in [5.74, 6) is 0. The molecule has 3 aromatic heterocycles. The second-order valence-corrected chi connectivity index (χ2v) is 17.3. The molecule has 5 nitrogen and oxygen atoms in total. The van der Waals surface area contributed by atoms with Crippen LogP contribution in [-0.4, -0.2) is 13.7 Å². The van der Waals surface area contributed by atoms with Crippen LogP contribution >= 0.6 is 0 Å². The highest BCUT2D eigenvalue weighted by Gasteiger charge is 2.33. The molecule has 5 heteroatoms. The molecule has 290 valence electrons. The average molecular weight is 784 g/mol. The maximum absolute atomic E-state index is 12.0. The molecule has 0 spiro atoms. The SMILES string of the molecule is Cc1ccc2c(c1)c1cc(C)ccc1n2-c1c(C#N)c(-n2c3ccccc3c3ccccc32)c(-c2ccc(C(C)(C)C)cc2)c(-n2c3ccccc3c3ccccc32)c1C#N. The number of nitrogens with zero attached hydrogens (tertiary/aromatic N) is 5. The van der Waals surface area contributed by atoms with E-state index in [4.69, 9.17) is 0 Å². The van der Waals surface area contributed by atoms with E-state index in [1.807, 2.05) is 0 Å². The number of fused-ring (bicyclic) bond motifs is 9. The fourth-order valence-electron chi connectivity index (χ4n) is 9.82. The lowest BCUT2D eigenvalue weighted by atomic mass is 9.85. The van der Waals surface area contributed by atoms with Gasteiger partial charge in [-0.1, -0.05) is 141 Å². The zero-order valence-corrected chi connectivity index (χ0v) is 34.7. The molecule has 0 fully saturated rings. The minimum atomic E-state index is -0.0867. The Morgan fingerprint density at radius 2 is 0.738 bits per heavy atom. The largest absolute Gasteiger partial charge is 0.307 e. The maximum Gasteiger partial charge on any atom is 0.104 e. The van der Waals surface area contributed by atoms with Crippen molar-refractivity contribution < 1.29 is 0 Å². The molecular weight excluding hydrogens is 743 g/mol. The first-order chi connectivity index (χ1) is 29.7. The molecule has 61 heavy (non-hydrogen) atoms. The van der Waals surface area contributed by atoms with Gasteiger partial charge in [0.25, 0.3) is 0 Å². The molecule has 11 rings (SSSR count). The maximum atomic E-state index is 12.0. The van der Waals surface area contributed by atoms with E-state index in [9.17, 15) is 10.5 Å². The summed E-state index contributed by atoms with van der Waals surface area (Å²) >= 11 is 0. The molecular formula is C56H41N5. The fourth-order valence-corrected chi connectivity index (χ4v) is 9.82. The average Bonchev–Trinajstić information content (AvgIpc) is 3.90. The van der Waals surface area contributed by atoms with Crippen LogP contribution in [0.15, 0.2) is 158 Å². The third kappa shape index (κ3) is 5.24. The van der Waals surface area contributed by atoms with Gasteiger partial charge in [-0.25, -0.2) is 0 Å². The number of nitriles is 2. The Morgan fingerprint density at radius 3 is 1.10 bits per heavy atom. The quantitative estimate of drug-likeness (QED) is 0.178. The summed E-state index contributed by atoms with van der Waals surface area (Å²) in [6.45, 7) is 10.9. The van der Waals surface area contributed by atoms with Gasteiger partial charge in [-0.15, -0.1) is 0 Å². The summed E-state index contributed by atoms with van der Waals surface area (Å²) in [5.41, 5.74) is 13.7. The predicted molar refractivity (Wildman–Crippen MR) is 252 cm³/mol. The zero-order valence-electron chi connectivity index (χ0n) is 34.7. The highest BCUT2D eigenvalue weighted by atomic mass is 15.1. The van der Waals surface area contributed by atoms with Crippen molar-refractivity contribution in [1.29, 1.82) is 10.5 Å². The van der Waals surface area contributed by atoms with E-state index in [0.29, 0.717) is 16.8 Å². The highest BCUT2D eigenvalue weighted by molar-refractivity contribution is 6.14. The number of para-hydroxylation sites is 4. The summed E-state index contributed by atoms with van der Waals surface area (Å²) < 4.78 is 6.74. The minimum Gasteiger partial charge on any atom is -0.307 e. The number of benzene rings is 8. The third-order valence-electron chi connectivity index (χ3n) is 12.6. The van der Waals surface area contributed by atoms with Crippen LogP contribution in [-0.2, 0) is 5.41 Å². The Kier molecular flexibility index (Phi) is 7.92. The lowest BCUT2D eigenvalue weighted by molar-refractivity contribution is 0.590. The van der Waals surface area contributed by atoms with Crippen molar-refractivity contribution in [2.75, 3.05) is 0 Å². The summed E-state index contributed by atoms with van der Waals surface area (Å²) in [4.78, 5) is 0. The highest BCUT2D eigenvalue weighted by Crippen LogP contribution is 2.49. The fraction of sp³-hybridized carbons (Fsp3) is 0.107. The van der Waals surface area contributed by atoms with Gasteiger partial charge in [-0.2, -0.15) is 10.5 Å². The van der Waals surface area contributed by atoms with E-state index in [0.717, 1.165) is 99.0 Å². The van der Waals surface area contributed by atoms with Crippen LogP contribution in [0.25, 0.3) is 93.6 Å². The summed E-state index contributed by atoms with van der Waals surface area (Å²) in [6.07, 6.45) is 0. The molecule has 0 amide bonds. The third-order valence-corrected chi connectivity index (χ3v) is 12.6. The van der Waals surface area contributed by atoms with Gasteiger partial charge in [0.15, 0.2) is 0 Å². The van der Waals surface area contributed by atoms with Crippen molar-refractivity contribution in [2.24, 2.45) is 0 Å². The monoisotopic (exact) mass is 783 g/mol. The lowest BCUT2D eigenvalue weighted by Gasteiger charge is -2.26. The van der Waals surface area contributed by atoms with E-state index in [1.54, 1.807) is 0 Å². The molecule has 0 saturated carbocycles. The van der Waals surface area contributed by atoms with Crippen LogP contribution in [0.1, 0.15) is 48.6 Å². The van der Waals surface area contributed by atoms with Crippen molar-refractivity contribution in [2.45, 2.75) is 40.0 Å². The molecule has 8 aromatic carbocycles. The number of aromatic nitrogens is 3. The van der Waals surface area contributed by atoms with Gasteiger partial charge in [-0.3, -0.25) is 0 Å². The molecule has 3 heterocycles. The first-order valence-corrected chi connectivity index (χ1v) is 20.8. The predicted octanol–water partition coefficient (Wildman–Crippen LogP) is 14.3. The first-order valence-electron chi connectivity index (χ1n) is 20.8. The van der Waals surface area contributed by atoms with Crippen molar-refractivity contribution in [3.63, 3.8) is 0 Å². The van der Waals surface area contributed by atoms with E-state index in [-0.39, 0.29) is 5.41 Å². The molecule has 0 unspecified atom stereocenters. The van der Waals surface area contributed by atoms with Gasteiger partial charge in [0.2, 0.25) is 0 Å². The van der Waals surface area contributed by atoms with Crippen LogP contribution in [0.2, 0.25) is 0 Å². The van der Waals surface area contributed by atoms with Crippen molar-refractivity contribution in [3.05, 3.63) is 186 Å². The number of rotatable bonds is 4. The summed E-state index contributed by atoms with van der Waals surface area (Å²) in [6, 6.07) is 61.1. The van der Waals surface area contributed by atoms with E-state index in [1.165, 1.54) is 5.56 Å². The summed E-state index contributed by atoms with van der Waals surface area (Å²) in [7, 11) is 0. The molecule has 0 atom stereocenters. The Hall–Kier alpha value is -7.86. The van der Waals surface area contributed by atoms with Crippen LogP contribution in [0.3, 0.4) is 0 Å². The Bertz CT molecular complexity index is 3400. The molecule has 11 aromatic rings. The number of hydrogen-bond acceptors (Lipinski definition) is 2. The standard InChI is InChI=1S/C56H41N5/c1-34-22-28-50-42(30-34)43-31-35(2)23-29-51(43)59(50)53-44(32-57)54(60-46-18-10-6-14-38(46)39-15-7-11-19-47(39)60)52(36-24-26-37(27-25-36)56(3,4)5)55(45(53)33-58)61-48-20-12-8-16-40(48)41-17-9-13-21-49(41)61/h6-31H,1-5H3. The van der Waals surface area contributed by atoms with Crippen molar-refractivity contribution >= 4 is 65.4 Å². The molecule has 0 radical (unpaired) electrons. The Labute approximate surface area is 354 Å². The van der Waals surface area contributed by atoms with Crippen LogP contribution in [0.5, 0.6) is 0 Å². The number of hydrogen-bond donors (Lipinski definition) is 0. The van der Waals surface area contributed by atoms with Crippen molar-refractivity contribution in [3.8, 4) is 40.3 Å². The van der Waals surface area contributed by atoms with Gasteiger partial charge < -0.3 is 13.7 Å². The van der Waals surface area contributed by atoms with Crippen molar-refractivity contribution in [1.82, 2.24) is 13.7 Å². The van der Waals surface area contributed by atoms with Gasteiger partial charge in [-0.05, 0) is 78.9 Å². The van der Waals surface area contributed by atoms with Gasteiger partial charge in [0.1, 0.15) is 23.3 Å². The van der Waals surface area contributed by atoms with Crippen LogP contribution < -0.4 is 0 Å². The van der Waals surface area contributed by atoms with Gasteiger partial charge in [0.05, 0.1) is 50.2 Å². The van der Waals surface area contributed by atoms with Gasteiger partial charge in [0, 0.05) is 37.9 Å². The van der Waals surface area contributed by atoms with Gasteiger partial charge >= 0.3 is 0 Å². The molecule has 0 saturated heterocycles. The second kappa shape index (κ2) is 13.3. The minimum absolute atomic E-state index is 0.0867. The van der Waals surface area contributed by atoms with E-state index >= 15 is 0 Å². The smallest absolute Gasteiger partial charge is 0.104 e. The lowest BCUT2D eigenvalue weighted by Crippen LogP contribution is -2.14. The Balaban J connectivity index is 1.47. The molecule has 0 aliphatic heterocycles. The topological polar surface area (TPSA) is 62.4 Å². The summed E-state index contributed by atoms with van der Waals surface area (Å²) in [5, 5.41) is 30.5. The molecule has 0 aliphatic rings. The van der Waals surface area contributed by atoms with Crippen LogP contribution in [0, 0.1) is 36.5 Å². The Morgan fingerprint density at radius 1 is 0.393 bits per heavy atom. The molecule has 0 aliphatic carbocycles. The number of aryl methyl sites for hydroxylation is 2. The normalized spacial score (nSPS) is 12.0. The second-order valence-electron chi connectivity index (χ2n) is 17.3. The van der Waals surface area contributed by atoms with Crippen LogP contribution in [0.4, 0.5) is 0 Å². The molecule has 0 N–H and O–H groups in total. The van der Waals surface area contributed by atoms with E-state index < -0.39 is 0 Å². The molecule has 0 bridgehead atoms. The van der Waals surface area contributed by atoms with E-state index in [2.05, 4.69) is 218 Å². The first kappa shape index (κ1) is 36.2. The zero-order chi connectivity index (χ0) is 41.7.